The first-order valence-electron chi connectivity index (χ1n) is 6.05. The molecule has 0 unspecified atom stereocenters. The van der Waals surface area contributed by atoms with E-state index in [4.69, 9.17) is 0 Å². The Balaban J connectivity index is 2.51. The molecular weight excluding hydrogens is 230 g/mol. The minimum atomic E-state index is -0.548. The van der Waals surface area contributed by atoms with Gasteiger partial charge in [-0.2, -0.15) is 0 Å². The number of aryl methyl sites for hydroxylation is 1. The molecule has 2 aromatic carbocycles. The summed E-state index contributed by atoms with van der Waals surface area (Å²) in [5.74, 6) is -0.626. The van der Waals surface area contributed by atoms with E-state index < -0.39 is 11.6 Å². The Kier molecular flexibility index (Phi) is 3.46. The fourth-order valence-corrected chi connectivity index (χ4v) is 2.06. The van der Waals surface area contributed by atoms with Crippen molar-refractivity contribution in [2.75, 3.05) is 0 Å². The summed E-state index contributed by atoms with van der Waals surface area (Å²) in [6, 6.07) is 9.65. The van der Waals surface area contributed by atoms with Crippen LogP contribution < -0.4 is 0 Å². The first kappa shape index (κ1) is 12.7. The average Bonchev–Trinajstić information content (AvgIpc) is 2.30. The van der Waals surface area contributed by atoms with E-state index in [1.807, 2.05) is 19.1 Å². The minimum absolute atomic E-state index is 0.441. The Labute approximate surface area is 106 Å². The van der Waals surface area contributed by atoms with Gasteiger partial charge < -0.3 is 0 Å². The summed E-state index contributed by atoms with van der Waals surface area (Å²) in [7, 11) is 0. The van der Waals surface area contributed by atoms with Crippen LogP contribution in [0.2, 0.25) is 0 Å². The fraction of sp³-hybridized carbons (Fsp3) is 0.250. The third-order valence-electron chi connectivity index (χ3n) is 3.14. The second kappa shape index (κ2) is 4.89. The lowest BCUT2D eigenvalue weighted by Gasteiger charge is -2.11. The number of hydrogen-bond acceptors (Lipinski definition) is 0. The Morgan fingerprint density at radius 3 is 2.11 bits per heavy atom. The van der Waals surface area contributed by atoms with Gasteiger partial charge in [0.1, 0.15) is 11.6 Å². The van der Waals surface area contributed by atoms with Gasteiger partial charge in [0.2, 0.25) is 0 Å². The molecule has 0 aromatic heterocycles. The predicted octanol–water partition coefficient (Wildman–Crippen LogP) is 5.06. The molecule has 0 spiro atoms. The van der Waals surface area contributed by atoms with Crippen molar-refractivity contribution in [3.05, 3.63) is 59.2 Å². The van der Waals surface area contributed by atoms with Crippen LogP contribution in [0, 0.1) is 18.6 Å². The topological polar surface area (TPSA) is 0 Å². The smallest absolute Gasteiger partial charge is 0.133 e. The van der Waals surface area contributed by atoms with Crippen molar-refractivity contribution in [3.63, 3.8) is 0 Å². The van der Waals surface area contributed by atoms with Crippen LogP contribution >= 0.6 is 0 Å². The van der Waals surface area contributed by atoms with E-state index in [-0.39, 0.29) is 0 Å². The predicted molar refractivity (Wildman–Crippen MR) is 70.6 cm³/mol. The lowest BCUT2D eigenvalue weighted by atomic mass is 9.94. The number of rotatable bonds is 2. The van der Waals surface area contributed by atoms with Crippen molar-refractivity contribution < 1.29 is 8.78 Å². The van der Waals surface area contributed by atoms with E-state index in [9.17, 15) is 8.78 Å². The maximum atomic E-state index is 13.7. The maximum Gasteiger partial charge on any atom is 0.133 e. The van der Waals surface area contributed by atoms with E-state index in [1.165, 1.54) is 17.7 Å². The first-order chi connectivity index (χ1) is 8.49. The van der Waals surface area contributed by atoms with E-state index in [0.717, 1.165) is 17.2 Å². The van der Waals surface area contributed by atoms with Crippen LogP contribution in [-0.4, -0.2) is 0 Å². The third-order valence-corrected chi connectivity index (χ3v) is 3.14. The van der Waals surface area contributed by atoms with Crippen LogP contribution in [0.5, 0.6) is 0 Å². The van der Waals surface area contributed by atoms with Crippen LogP contribution in [0.15, 0.2) is 36.4 Å². The zero-order chi connectivity index (χ0) is 13.3. The molecule has 0 atom stereocenters. The summed E-state index contributed by atoms with van der Waals surface area (Å²) in [6.07, 6.45) is 0. The third kappa shape index (κ3) is 2.42. The molecule has 18 heavy (non-hydrogen) atoms. The summed E-state index contributed by atoms with van der Waals surface area (Å²) < 4.78 is 26.6. The van der Waals surface area contributed by atoms with Gasteiger partial charge in [-0.1, -0.05) is 32.0 Å². The zero-order valence-corrected chi connectivity index (χ0v) is 10.8. The molecule has 0 aliphatic heterocycles. The molecule has 0 fully saturated rings. The molecule has 0 amide bonds. The van der Waals surface area contributed by atoms with E-state index >= 15 is 0 Å². The van der Waals surface area contributed by atoms with Crippen molar-refractivity contribution in [1.29, 1.82) is 0 Å². The molecule has 2 heteroatoms. The van der Waals surface area contributed by atoms with Crippen molar-refractivity contribution >= 4 is 0 Å². The Morgan fingerprint density at radius 1 is 0.889 bits per heavy atom. The number of halogens is 2. The van der Waals surface area contributed by atoms with E-state index in [0.29, 0.717) is 11.5 Å². The summed E-state index contributed by atoms with van der Waals surface area (Å²) >= 11 is 0. The van der Waals surface area contributed by atoms with Crippen LogP contribution in [0.4, 0.5) is 8.78 Å². The van der Waals surface area contributed by atoms with Gasteiger partial charge in [0, 0.05) is 11.6 Å². The molecule has 0 nitrogen and oxygen atoms in total. The molecular formula is C16H16F2. The molecule has 0 aliphatic rings. The molecule has 2 aromatic rings. The summed E-state index contributed by atoms with van der Waals surface area (Å²) in [6.45, 7) is 6.18. The second-order valence-electron chi connectivity index (χ2n) is 4.85. The standard InChI is InChI=1S/C16H16F2/c1-10(2)12-4-6-14(11(3)8-12)15-7-5-13(17)9-16(15)18/h4-10H,1-3H3. The fourth-order valence-electron chi connectivity index (χ4n) is 2.06. The lowest BCUT2D eigenvalue weighted by Crippen LogP contribution is -1.93. The zero-order valence-electron chi connectivity index (χ0n) is 10.8. The highest BCUT2D eigenvalue weighted by Gasteiger charge is 2.10. The normalized spacial score (nSPS) is 11.0. The Morgan fingerprint density at radius 2 is 1.56 bits per heavy atom. The van der Waals surface area contributed by atoms with Gasteiger partial charge in [0.25, 0.3) is 0 Å². The van der Waals surface area contributed by atoms with Gasteiger partial charge in [0.15, 0.2) is 0 Å². The molecule has 0 bridgehead atoms. The van der Waals surface area contributed by atoms with Crippen molar-refractivity contribution in [2.45, 2.75) is 26.7 Å². The van der Waals surface area contributed by atoms with Gasteiger partial charge >= 0.3 is 0 Å². The van der Waals surface area contributed by atoms with Crippen molar-refractivity contribution in [2.24, 2.45) is 0 Å². The molecule has 0 saturated heterocycles. The monoisotopic (exact) mass is 246 g/mol. The van der Waals surface area contributed by atoms with Crippen LogP contribution in [-0.2, 0) is 0 Å². The average molecular weight is 246 g/mol. The highest BCUT2D eigenvalue weighted by atomic mass is 19.1. The number of benzene rings is 2. The molecule has 2 rings (SSSR count). The van der Waals surface area contributed by atoms with E-state index in [2.05, 4.69) is 19.9 Å². The maximum absolute atomic E-state index is 13.7. The molecule has 0 saturated carbocycles. The van der Waals surface area contributed by atoms with Gasteiger partial charge in [-0.05, 0) is 41.7 Å². The van der Waals surface area contributed by atoms with Gasteiger partial charge in [-0.3, -0.25) is 0 Å². The van der Waals surface area contributed by atoms with Crippen LogP contribution in [0.1, 0.15) is 30.9 Å². The summed E-state index contributed by atoms with van der Waals surface area (Å²) in [5.41, 5.74) is 3.49. The molecule has 0 radical (unpaired) electrons. The van der Waals surface area contributed by atoms with Crippen LogP contribution in [0.3, 0.4) is 0 Å². The van der Waals surface area contributed by atoms with Crippen LogP contribution in [0.25, 0.3) is 11.1 Å². The molecule has 0 heterocycles. The highest BCUT2D eigenvalue weighted by molar-refractivity contribution is 5.68. The summed E-state index contributed by atoms with van der Waals surface area (Å²) in [5, 5.41) is 0. The van der Waals surface area contributed by atoms with Gasteiger partial charge in [-0.25, -0.2) is 8.78 Å². The lowest BCUT2D eigenvalue weighted by molar-refractivity contribution is 0.585. The quantitative estimate of drug-likeness (QED) is 0.694. The molecule has 94 valence electrons. The van der Waals surface area contributed by atoms with Crippen molar-refractivity contribution in [1.82, 2.24) is 0 Å². The van der Waals surface area contributed by atoms with Crippen molar-refractivity contribution in [3.8, 4) is 11.1 Å². The Hall–Kier alpha value is -1.70. The minimum Gasteiger partial charge on any atom is -0.207 e. The SMILES string of the molecule is Cc1cc(C(C)C)ccc1-c1ccc(F)cc1F. The Bertz CT molecular complexity index is 571. The summed E-state index contributed by atoms with van der Waals surface area (Å²) in [4.78, 5) is 0. The van der Waals surface area contributed by atoms with Gasteiger partial charge in [-0.15, -0.1) is 0 Å². The first-order valence-corrected chi connectivity index (χ1v) is 6.05. The van der Waals surface area contributed by atoms with E-state index in [1.54, 1.807) is 0 Å². The molecule has 0 aliphatic carbocycles. The highest BCUT2D eigenvalue weighted by Crippen LogP contribution is 2.29. The van der Waals surface area contributed by atoms with Gasteiger partial charge in [0.05, 0.1) is 0 Å². The largest absolute Gasteiger partial charge is 0.207 e. The number of hydrogen-bond donors (Lipinski definition) is 0. The molecule has 0 N–H and O–H groups in total. The second-order valence-corrected chi connectivity index (χ2v) is 4.85.